The van der Waals surface area contributed by atoms with Gasteiger partial charge >= 0.3 is 6.03 Å². The molecule has 0 radical (unpaired) electrons. The molecular weight excluding hydrogens is 297 g/mol. The molecule has 0 aromatic heterocycles. The van der Waals surface area contributed by atoms with E-state index in [2.05, 4.69) is 10.6 Å². The maximum Gasteiger partial charge on any atom is 0.325 e. The SMILES string of the molecule is O=C1NC2(CCNCC2)C(=O)N1Cc1ccc(F)c(Cl)c1. The molecule has 1 spiro atoms. The molecule has 5 nitrogen and oxygen atoms in total. The number of halogens is 2. The Morgan fingerprint density at radius 2 is 2.00 bits per heavy atom. The lowest BCUT2D eigenvalue weighted by molar-refractivity contribution is -0.132. The van der Waals surface area contributed by atoms with Gasteiger partial charge in [-0.25, -0.2) is 9.18 Å². The van der Waals surface area contributed by atoms with Gasteiger partial charge in [0.1, 0.15) is 11.4 Å². The molecule has 112 valence electrons. The Kier molecular flexibility index (Phi) is 3.59. The molecule has 1 aromatic carbocycles. The van der Waals surface area contributed by atoms with Gasteiger partial charge in [-0.1, -0.05) is 17.7 Å². The fourth-order valence-corrected chi connectivity index (χ4v) is 3.04. The van der Waals surface area contributed by atoms with Crippen LogP contribution in [0.5, 0.6) is 0 Å². The number of nitrogens with one attached hydrogen (secondary N) is 2. The minimum Gasteiger partial charge on any atom is -0.323 e. The van der Waals surface area contributed by atoms with Gasteiger partial charge in [-0.2, -0.15) is 0 Å². The van der Waals surface area contributed by atoms with Gasteiger partial charge in [-0.05, 0) is 43.6 Å². The van der Waals surface area contributed by atoms with Gasteiger partial charge in [0.15, 0.2) is 0 Å². The maximum absolute atomic E-state index is 13.2. The zero-order chi connectivity index (χ0) is 15.0. The minimum atomic E-state index is -0.786. The second-order valence-electron chi connectivity index (χ2n) is 5.40. The van der Waals surface area contributed by atoms with Gasteiger partial charge in [0.25, 0.3) is 5.91 Å². The van der Waals surface area contributed by atoms with Crippen LogP contribution in [0.15, 0.2) is 18.2 Å². The summed E-state index contributed by atoms with van der Waals surface area (Å²) in [7, 11) is 0. The number of amides is 3. The molecule has 2 N–H and O–H groups in total. The molecule has 1 aromatic rings. The third-order valence-electron chi connectivity index (χ3n) is 4.03. The molecule has 0 unspecified atom stereocenters. The second kappa shape index (κ2) is 5.27. The predicted octanol–water partition coefficient (Wildman–Crippen LogP) is 1.65. The Labute approximate surface area is 126 Å². The van der Waals surface area contributed by atoms with Crippen molar-refractivity contribution in [3.63, 3.8) is 0 Å². The quantitative estimate of drug-likeness (QED) is 0.817. The number of piperidine rings is 1. The summed E-state index contributed by atoms with van der Waals surface area (Å²) in [6.45, 7) is 1.49. The smallest absolute Gasteiger partial charge is 0.323 e. The Hall–Kier alpha value is -1.66. The van der Waals surface area contributed by atoms with Crippen LogP contribution < -0.4 is 10.6 Å². The predicted molar refractivity (Wildman–Crippen MR) is 75.3 cm³/mol. The van der Waals surface area contributed by atoms with Gasteiger partial charge in [-0.15, -0.1) is 0 Å². The number of hydrogen-bond donors (Lipinski definition) is 2. The van der Waals surface area contributed by atoms with Crippen molar-refractivity contribution in [3.8, 4) is 0 Å². The number of hydrogen-bond acceptors (Lipinski definition) is 3. The van der Waals surface area contributed by atoms with Crippen LogP contribution in [0.2, 0.25) is 5.02 Å². The Bertz CT molecular complexity index is 602. The normalized spacial score (nSPS) is 21.0. The fraction of sp³-hybridized carbons (Fsp3) is 0.429. The van der Waals surface area contributed by atoms with Crippen LogP contribution in [0.25, 0.3) is 0 Å². The van der Waals surface area contributed by atoms with Gasteiger partial charge in [0, 0.05) is 0 Å². The van der Waals surface area contributed by atoms with Crippen LogP contribution in [0, 0.1) is 5.82 Å². The van der Waals surface area contributed by atoms with Crippen LogP contribution in [0.3, 0.4) is 0 Å². The molecule has 2 aliphatic heterocycles. The zero-order valence-corrected chi connectivity index (χ0v) is 12.0. The Balaban J connectivity index is 1.80. The first-order chi connectivity index (χ1) is 10.0. The molecule has 0 saturated carbocycles. The van der Waals surface area contributed by atoms with Crippen molar-refractivity contribution < 1.29 is 14.0 Å². The summed E-state index contributed by atoms with van der Waals surface area (Å²) in [5.41, 5.74) is -0.164. The third kappa shape index (κ3) is 2.49. The minimum absolute atomic E-state index is 0.0175. The van der Waals surface area contributed by atoms with Gasteiger partial charge in [0.2, 0.25) is 0 Å². The third-order valence-corrected chi connectivity index (χ3v) is 4.32. The molecule has 0 atom stereocenters. The van der Waals surface area contributed by atoms with E-state index in [0.29, 0.717) is 31.5 Å². The first kappa shape index (κ1) is 14.3. The fourth-order valence-electron chi connectivity index (χ4n) is 2.83. The first-order valence-corrected chi connectivity index (χ1v) is 7.18. The van der Waals surface area contributed by atoms with Gasteiger partial charge in [0.05, 0.1) is 11.6 Å². The number of urea groups is 1. The molecule has 2 fully saturated rings. The standard InChI is InChI=1S/C14H15ClFN3O2/c15-10-7-9(1-2-11(10)16)8-19-12(20)14(18-13(19)21)3-5-17-6-4-14/h1-2,7,17H,3-6,8H2,(H,18,21). The highest BCUT2D eigenvalue weighted by Crippen LogP contribution is 2.28. The molecule has 7 heteroatoms. The van der Waals surface area contributed by atoms with E-state index in [4.69, 9.17) is 11.6 Å². The number of nitrogens with zero attached hydrogens (tertiary/aromatic N) is 1. The van der Waals surface area contributed by atoms with Crippen molar-refractivity contribution in [3.05, 3.63) is 34.6 Å². The number of rotatable bonds is 2. The summed E-state index contributed by atoms with van der Waals surface area (Å²) in [6.07, 6.45) is 1.16. The number of carbonyl (C=O) groups excluding carboxylic acids is 2. The van der Waals surface area contributed by atoms with E-state index in [0.717, 1.165) is 0 Å². The average molecular weight is 312 g/mol. The number of benzene rings is 1. The number of carbonyl (C=O) groups is 2. The molecule has 2 heterocycles. The summed E-state index contributed by atoms with van der Waals surface area (Å²) in [6, 6.07) is 3.79. The van der Waals surface area contributed by atoms with Gasteiger partial charge in [-0.3, -0.25) is 9.69 Å². The van der Waals surface area contributed by atoms with Crippen LogP contribution in [-0.2, 0) is 11.3 Å². The molecule has 21 heavy (non-hydrogen) atoms. The van der Waals surface area contributed by atoms with Crippen LogP contribution in [0.1, 0.15) is 18.4 Å². The molecule has 0 aliphatic carbocycles. The average Bonchev–Trinajstić information content (AvgIpc) is 2.68. The summed E-state index contributed by atoms with van der Waals surface area (Å²) in [5.74, 6) is -0.734. The number of imide groups is 1. The Morgan fingerprint density at radius 3 is 2.67 bits per heavy atom. The lowest BCUT2D eigenvalue weighted by Gasteiger charge is -2.31. The first-order valence-electron chi connectivity index (χ1n) is 6.81. The highest BCUT2D eigenvalue weighted by molar-refractivity contribution is 6.30. The molecule has 3 amide bonds. The van der Waals surface area contributed by atoms with Crippen LogP contribution in [-0.4, -0.2) is 35.5 Å². The molecule has 0 bridgehead atoms. The van der Waals surface area contributed by atoms with E-state index in [1.807, 2.05) is 0 Å². The van der Waals surface area contributed by atoms with E-state index < -0.39 is 17.4 Å². The molecule has 2 aliphatic rings. The zero-order valence-electron chi connectivity index (χ0n) is 11.3. The highest BCUT2D eigenvalue weighted by Gasteiger charge is 2.51. The summed E-state index contributed by atoms with van der Waals surface area (Å²) in [5, 5.41) is 5.96. The van der Waals surface area contributed by atoms with E-state index in [1.54, 1.807) is 0 Å². The largest absolute Gasteiger partial charge is 0.325 e. The summed E-state index contributed by atoms with van der Waals surface area (Å²) >= 11 is 5.73. The second-order valence-corrected chi connectivity index (χ2v) is 5.81. The monoisotopic (exact) mass is 311 g/mol. The Morgan fingerprint density at radius 1 is 1.29 bits per heavy atom. The molecule has 3 rings (SSSR count). The van der Waals surface area contributed by atoms with E-state index >= 15 is 0 Å². The van der Waals surface area contributed by atoms with Crippen LogP contribution in [0.4, 0.5) is 9.18 Å². The topological polar surface area (TPSA) is 61.4 Å². The van der Waals surface area contributed by atoms with Crippen molar-refractivity contribution >= 4 is 23.5 Å². The van der Waals surface area contributed by atoms with Crippen molar-refractivity contribution in [2.75, 3.05) is 13.1 Å². The maximum atomic E-state index is 13.2. The summed E-state index contributed by atoms with van der Waals surface area (Å²) in [4.78, 5) is 25.8. The summed E-state index contributed by atoms with van der Waals surface area (Å²) < 4.78 is 13.2. The van der Waals surface area contributed by atoms with E-state index in [1.165, 1.54) is 23.1 Å². The van der Waals surface area contributed by atoms with Crippen molar-refractivity contribution in [1.29, 1.82) is 0 Å². The molecular formula is C14H15ClFN3O2. The van der Waals surface area contributed by atoms with Crippen molar-refractivity contribution in [2.45, 2.75) is 24.9 Å². The highest BCUT2D eigenvalue weighted by atomic mass is 35.5. The van der Waals surface area contributed by atoms with Gasteiger partial charge < -0.3 is 10.6 Å². The van der Waals surface area contributed by atoms with E-state index in [9.17, 15) is 14.0 Å². The van der Waals surface area contributed by atoms with Crippen molar-refractivity contribution in [1.82, 2.24) is 15.5 Å². The van der Waals surface area contributed by atoms with Crippen molar-refractivity contribution in [2.24, 2.45) is 0 Å². The lowest BCUT2D eigenvalue weighted by Crippen LogP contribution is -2.53. The lowest BCUT2D eigenvalue weighted by atomic mass is 9.88. The van der Waals surface area contributed by atoms with Crippen LogP contribution >= 0.6 is 11.6 Å². The van der Waals surface area contributed by atoms with E-state index in [-0.39, 0.29) is 17.5 Å². The molecule has 2 saturated heterocycles.